The van der Waals surface area contributed by atoms with Crippen molar-refractivity contribution in [2.24, 2.45) is 5.73 Å². The minimum atomic E-state index is -0.904. The number of hydrogen-bond acceptors (Lipinski definition) is 2. The van der Waals surface area contributed by atoms with Gasteiger partial charge in [-0.15, -0.1) is 0 Å². The predicted octanol–water partition coefficient (Wildman–Crippen LogP) is 4.67. The number of nitrogens with zero attached hydrogens (tertiary/aromatic N) is 2. The molecule has 0 aliphatic rings. The highest BCUT2D eigenvalue weighted by molar-refractivity contribution is 5.90. The Morgan fingerprint density at radius 1 is 0.971 bits per heavy atom. The summed E-state index contributed by atoms with van der Waals surface area (Å²) in [6.45, 7) is 3.51. The van der Waals surface area contributed by atoms with E-state index in [0.29, 0.717) is 13.0 Å². The molecule has 5 nitrogen and oxygen atoms in total. The van der Waals surface area contributed by atoms with Crippen molar-refractivity contribution < 1.29 is 14.1 Å². The smallest absolute Gasteiger partial charge is 0.253 e. The van der Waals surface area contributed by atoms with Gasteiger partial charge in [0.15, 0.2) is 0 Å². The zero-order valence-electron chi connectivity index (χ0n) is 20.3. The fourth-order valence-electron chi connectivity index (χ4n) is 4.58. The molecule has 1 amide bonds. The molecule has 0 radical (unpaired) electrons. The second kappa shape index (κ2) is 10.9. The fraction of sp³-hybridized carbons (Fsp3) is 0.200. The largest absolute Gasteiger partial charge is 0.497 e. The number of hydrogen-bond donors (Lipinski definition) is 1. The first-order valence-corrected chi connectivity index (χ1v) is 11.8. The highest BCUT2D eigenvalue weighted by Crippen LogP contribution is 2.36. The Hall–Kier alpha value is -4.12. The Labute approximate surface area is 207 Å². The normalized spacial score (nSPS) is 11.6. The zero-order chi connectivity index (χ0) is 24.7. The van der Waals surface area contributed by atoms with Crippen LogP contribution < -0.4 is 15.0 Å². The van der Waals surface area contributed by atoms with E-state index >= 15 is 0 Å². The lowest BCUT2D eigenvalue weighted by Gasteiger charge is -2.31. The first kappa shape index (κ1) is 24.0. The third-order valence-corrected chi connectivity index (χ3v) is 6.67. The Kier molecular flexibility index (Phi) is 7.46. The second-order valence-electron chi connectivity index (χ2n) is 8.62. The molecule has 0 atom stereocenters. The SMILES string of the molecule is COc1ccc(/C=C/C[n+]2ccn(CCC(C(N)=O)(c3ccccc3)c3ccccc3)c2C)cc1. The molecule has 3 aromatic carbocycles. The number of aryl methyl sites for hydroxylation is 1. The van der Waals surface area contributed by atoms with Crippen molar-refractivity contribution >= 4 is 12.0 Å². The molecule has 178 valence electrons. The summed E-state index contributed by atoms with van der Waals surface area (Å²) >= 11 is 0. The molecule has 0 saturated carbocycles. The van der Waals surface area contributed by atoms with Gasteiger partial charge in [0, 0.05) is 13.3 Å². The number of carbonyl (C=O) groups is 1. The molecule has 0 fully saturated rings. The number of primary amides is 1. The number of methoxy groups -OCH3 is 1. The van der Waals surface area contributed by atoms with Crippen molar-refractivity contribution in [1.29, 1.82) is 0 Å². The fourth-order valence-corrected chi connectivity index (χ4v) is 4.58. The zero-order valence-corrected chi connectivity index (χ0v) is 20.3. The molecule has 0 aliphatic heterocycles. The summed E-state index contributed by atoms with van der Waals surface area (Å²) in [5.41, 5.74) is 8.16. The van der Waals surface area contributed by atoms with Crippen LogP contribution in [0.2, 0.25) is 0 Å². The second-order valence-corrected chi connectivity index (χ2v) is 8.62. The number of allylic oxidation sites excluding steroid dienone is 1. The first-order valence-electron chi connectivity index (χ1n) is 11.8. The van der Waals surface area contributed by atoms with Crippen LogP contribution in [0.25, 0.3) is 6.08 Å². The number of amides is 1. The molecule has 4 rings (SSSR count). The maximum atomic E-state index is 13.0. The molecular weight excluding hydrogens is 434 g/mol. The van der Waals surface area contributed by atoms with E-state index in [9.17, 15) is 4.79 Å². The molecule has 5 heteroatoms. The quantitative estimate of drug-likeness (QED) is 0.345. The Morgan fingerprint density at radius 3 is 2.11 bits per heavy atom. The third kappa shape index (κ3) is 5.19. The van der Waals surface area contributed by atoms with Crippen molar-refractivity contribution in [2.45, 2.75) is 31.8 Å². The summed E-state index contributed by atoms with van der Waals surface area (Å²) in [6.07, 6.45) is 8.95. The summed E-state index contributed by atoms with van der Waals surface area (Å²) in [5.74, 6) is 1.63. The number of benzene rings is 3. The minimum Gasteiger partial charge on any atom is -0.497 e. The lowest BCUT2D eigenvalue weighted by atomic mass is 9.71. The van der Waals surface area contributed by atoms with E-state index in [1.807, 2.05) is 84.9 Å². The van der Waals surface area contributed by atoms with E-state index in [-0.39, 0.29) is 5.91 Å². The van der Waals surface area contributed by atoms with Crippen molar-refractivity contribution in [2.75, 3.05) is 7.11 Å². The van der Waals surface area contributed by atoms with Crippen LogP contribution in [0, 0.1) is 6.92 Å². The predicted molar refractivity (Wildman–Crippen MR) is 139 cm³/mol. The number of rotatable bonds is 10. The highest BCUT2D eigenvalue weighted by Gasteiger charge is 2.40. The number of nitrogens with two attached hydrogens (primary N) is 1. The number of aromatic nitrogens is 2. The topological polar surface area (TPSA) is 61.1 Å². The van der Waals surface area contributed by atoms with Gasteiger partial charge in [-0.05, 0) is 34.9 Å². The van der Waals surface area contributed by atoms with Crippen LogP contribution in [0.1, 0.15) is 28.9 Å². The van der Waals surface area contributed by atoms with Gasteiger partial charge in [0.1, 0.15) is 30.1 Å². The molecule has 0 saturated heterocycles. The van der Waals surface area contributed by atoms with Gasteiger partial charge in [-0.1, -0.05) is 78.9 Å². The van der Waals surface area contributed by atoms with E-state index in [2.05, 4.69) is 40.6 Å². The number of ether oxygens (including phenoxy) is 1. The van der Waals surface area contributed by atoms with Crippen LogP contribution in [0.15, 0.2) is 103 Å². The maximum Gasteiger partial charge on any atom is 0.253 e. The van der Waals surface area contributed by atoms with Crippen LogP contribution in [-0.4, -0.2) is 17.6 Å². The molecule has 1 aromatic heterocycles. The first-order chi connectivity index (χ1) is 17.0. The van der Waals surface area contributed by atoms with Gasteiger partial charge in [-0.25, -0.2) is 9.13 Å². The number of carbonyl (C=O) groups excluding carboxylic acids is 1. The van der Waals surface area contributed by atoms with E-state index in [1.54, 1.807) is 7.11 Å². The van der Waals surface area contributed by atoms with Gasteiger partial charge in [0.2, 0.25) is 5.91 Å². The Morgan fingerprint density at radius 2 is 1.57 bits per heavy atom. The summed E-state index contributed by atoms with van der Waals surface area (Å²) in [7, 11) is 1.67. The standard InChI is InChI=1S/C30H31N3O2/c1-24-32(20-9-10-25-15-17-28(35-2)18-16-25)22-23-33(24)21-19-30(29(31)34,26-11-5-3-6-12-26)27-13-7-4-8-14-27/h3-18,22-23H,19-21H2,1-2H3,(H-,31,34)/p+1/b10-9+. The molecule has 4 aromatic rings. The van der Waals surface area contributed by atoms with E-state index < -0.39 is 5.41 Å². The van der Waals surface area contributed by atoms with Crippen LogP contribution in [0.3, 0.4) is 0 Å². The van der Waals surface area contributed by atoms with Crippen LogP contribution in [0.5, 0.6) is 5.75 Å². The van der Waals surface area contributed by atoms with E-state index in [1.165, 1.54) is 0 Å². The van der Waals surface area contributed by atoms with Crippen molar-refractivity contribution in [1.82, 2.24) is 4.57 Å². The van der Waals surface area contributed by atoms with Gasteiger partial charge in [0.25, 0.3) is 5.82 Å². The highest BCUT2D eigenvalue weighted by atomic mass is 16.5. The Bertz CT molecular complexity index is 1240. The molecule has 0 spiro atoms. The molecule has 0 unspecified atom stereocenters. The van der Waals surface area contributed by atoms with Crippen LogP contribution in [-0.2, 0) is 23.3 Å². The van der Waals surface area contributed by atoms with Gasteiger partial charge in [0.05, 0.1) is 13.7 Å². The molecule has 0 aliphatic carbocycles. The molecule has 2 N–H and O–H groups in total. The average molecular weight is 467 g/mol. The van der Waals surface area contributed by atoms with Gasteiger partial charge in [-0.2, -0.15) is 0 Å². The summed E-state index contributed by atoms with van der Waals surface area (Å²) < 4.78 is 9.60. The molecule has 1 heterocycles. The Balaban J connectivity index is 1.54. The monoisotopic (exact) mass is 466 g/mol. The van der Waals surface area contributed by atoms with E-state index in [4.69, 9.17) is 10.5 Å². The summed E-state index contributed by atoms with van der Waals surface area (Å²) in [6, 6.07) is 27.7. The lowest BCUT2D eigenvalue weighted by molar-refractivity contribution is -0.692. The van der Waals surface area contributed by atoms with E-state index in [0.717, 1.165) is 34.8 Å². The number of imidazole rings is 1. The minimum absolute atomic E-state index is 0.338. The lowest BCUT2D eigenvalue weighted by Crippen LogP contribution is -2.43. The van der Waals surface area contributed by atoms with Crippen LogP contribution >= 0.6 is 0 Å². The molecule has 0 bridgehead atoms. The maximum absolute atomic E-state index is 13.0. The van der Waals surface area contributed by atoms with Crippen molar-refractivity contribution in [3.05, 3.63) is 126 Å². The molecular formula is C30H32N3O2+. The van der Waals surface area contributed by atoms with Crippen molar-refractivity contribution in [3.8, 4) is 5.75 Å². The third-order valence-electron chi connectivity index (χ3n) is 6.67. The summed E-state index contributed by atoms with van der Waals surface area (Å²) in [4.78, 5) is 13.0. The van der Waals surface area contributed by atoms with Crippen LogP contribution in [0.4, 0.5) is 0 Å². The van der Waals surface area contributed by atoms with Gasteiger partial charge in [-0.3, -0.25) is 4.79 Å². The molecule has 35 heavy (non-hydrogen) atoms. The van der Waals surface area contributed by atoms with Gasteiger partial charge < -0.3 is 10.5 Å². The summed E-state index contributed by atoms with van der Waals surface area (Å²) in [5, 5.41) is 0. The van der Waals surface area contributed by atoms with Gasteiger partial charge >= 0.3 is 0 Å². The average Bonchev–Trinajstić information content (AvgIpc) is 3.25. The van der Waals surface area contributed by atoms with Crippen molar-refractivity contribution in [3.63, 3.8) is 0 Å².